The van der Waals surface area contributed by atoms with Crippen LogP contribution in [0, 0.1) is 0 Å². The molecule has 0 fully saturated rings. The zero-order valence-electron chi connectivity index (χ0n) is 11.0. The standard InChI is InChI=1S/C14H22N2S/c1-10(2)11(3)14(15-4)9-16-12-5-7-13(17)8-6-12/h5-8,14-17H,9H2,1-4H3. The van der Waals surface area contributed by atoms with Crippen molar-refractivity contribution in [2.75, 3.05) is 18.9 Å². The first kappa shape index (κ1) is 14.1. The van der Waals surface area contributed by atoms with E-state index < -0.39 is 0 Å². The van der Waals surface area contributed by atoms with E-state index in [4.69, 9.17) is 0 Å². The van der Waals surface area contributed by atoms with Crippen molar-refractivity contribution >= 4 is 18.3 Å². The van der Waals surface area contributed by atoms with E-state index in [0.29, 0.717) is 6.04 Å². The van der Waals surface area contributed by atoms with Crippen molar-refractivity contribution in [3.63, 3.8) is 0 Å². The van der Waals surface area contributed by atoms with Gasteiger partial charge in [-0.05, 0) is 52.1 Å². The van der Waals surface area contributed by atoms with Gasteiger partial charge in [-0.1, -0.05) is 11.1 Å². The van der Waals surface area contributed by atoms with Gasteiger partial charge < -0.3 is 10.6 Å². The van der Waals surface area contributed by atoms with Crippen LogP contribution in [-0.4, -0.2) is 19.6 Å². The van der Waals surface area contributed by atoms with Crippen molar-refractivity contribution in [3.8, 4) is 0 Å². The summed E-state index contributed by atoms with van der Waals surface area (Å²) in [6.45, 7) is 7.36. The molecule has 2 N–H and O–H groups in total. The minimum absolute atomic E-state index is 0.371. The van der Waals surface area contributed by atoms with E-state index in [9.17, 15) is 0 Å². The molecule has 0 amide bonds. The number of allylic oxidation sites excluding steroid dienone is 1. The lowest BCUT2D eigenvalue weighted by atomic mass is 10.0. The molecule has 0 saturated heterocycles. The summed E-state index contributed by atoms with van der Waals surface area (Å²) in [5.41, 5.74) is 3.90. The van der Waals surface area contributed by atoms with Gasteiger partial charge in [-0.3, -0.25) is 0 Å². The lowest BCUT2D eigenvalue weighted by Gasteiger charge is -2.20. The molecule has 0 spiro atoms. The Bertz CT molecular complexity index is 378. The fraction of sp³-hybridized carbons (Fsp3) is 0.429. The second kappa shape index (κ2) is 6.72. The maximum Gasteiger partial charge on any atom is 0.0452 e. The topological polar surface area (TPSA) is 24.1 Å². The Morgan fingerprint density at radius 2 is 1.76 bits per heavy atom. The molecule has 3 heteroatoms. The van der Waals surface area contributed by atoms with Crippen molar-refractivity contribution in [2.24, 2.45) is 0 Å². The Kier molecular flexibility index (Phi) is 5.59. The lowest BCUT2D eigenvalue weighted by molar-refractivity contribution is 0.655. The summed E-state index contributed by atoms with van der Waals surface area (Å²) in [6, 6.07) is 8.46. The second-order valence-corrected chi connectivity index (χ2v) is 4.97. The summed E-state index contributed by atoms with van der Waals surface area (Å²) < 4.78 is 0. The fourth-order valence-electron chi connectivity index (χ4n) is 1.62. The largest absolute Gasteiger partial charge is 0.383 e. The number of hydrogen-bond acceptors (Lipinski definition) is 3. The van der Waals surface area contributed by atoms with E-state index in [1.807, 2.05) is 31.3 Å². The van der Waals surface area contributed by atoms with Crippen molar-refractivity contribution in [1.82, 2.24) is 5.32 Å². The highest BCUT2D eigenvalue weighted by atomic mass is 32.1. The molecular formula is C14H22N2S. The summed E-state index contributed by atoms with van der Waals surface area (Å²) in [5, 5.41) is 6.76. The van der Waals surface area contributed by atoms with Crippen LogP contribution in [0.25, 0.3) is 0 Å². The van der Waals surface area contributed by atoms with E-state index in [0.717, 1.165) is 17.1 Å². The van der Waals surface area contributed by atoms with Gasteiger partial charge in [0.15, 0.2) is 0 Å². The highest BCUT2D eigenvalue weighted by Gasteiger charge is 2.08. The summed E-state index contributed by atoms with van der Waals surface area (Å²) >= 11 is 4.27. The molecule has 2 nitrogen and oxygen atoms in total. The molecule has 1 aromatic carbocycles. The van der Waals surface area contributed by atoms with Gasteiger partial charge in [0.05, 0.1) is 0 Å². The third-order valence-corrected chi connectivity index (χ3v) is 3.34. The Hall–Kier alpha value is -0.930. The van der Waals surface area contributed by atoms with E-state index in [1.165, 1.54) is 11.1 Å². The molecule has 0 aliphatic carbocycles. The molecule has 1 rings (SSSR count). The van der Waals surface area contributed by atoms with E-state index >= 15 is 0 Å². The highest BCUT2D eigenvalue weighted by molar-refractivity contribution is 7.80. The molecule has 94 valence electrons. The maximum atomic E-state index is 4.27. The summed E-state index contributed by atoms with van der Waals surface area (Å²) in [4.78, 5) is 0.987. The average molecular weight is 250 g/mol. The predicted molar refractivity (Wildman–Crippen MR) is 79.1 cm³/mol. The normalized spacial score (nSPS) is 12.1. The third kappa shape index (κ3) is 4.44. The van der Waals surface area contributed by atoms with Crippen LogP contribution in [-0.2, 0) is 0 Å². The van der Waals surface area contributed by atoms with Crippen LogP contribution in [0.2, 0.25) is 0 Å². The van der Waals surface area contributed by atoms with Crippen molar-refractivity contribution in [3.05, 3.63) is 35.4 Å². The minimum atomic E-state index is 0.371. The molecule has 0 heterocycles. The van der Waals surface area contributed by atoms with Gasteiger partial charge in [0, 0.05) is 23.2 Å². The zero-order valence-corrected chi connectivity index (χ0v) is 11.9. The molecule has 1 atom stereocenters. The van der Waals surface area contributed by atoms with Crippen LogP contribution < -0.4 is 10.6 Å². The SMILES string of the molecule is CNC(CNc1ccc(S)cc1)C(C)=C(C)C. The predicted octanol–water partition coefficient (Wildman–Crippen LogP) is 3.33. The molecule has 0 aromatic heterocycles. The smallest absolute Gasteiger partial charge is 0.0452 e. The lowest BCUT2D eigenvalue weighted by Crippen LogP contribution is -2.34. The number of benzene rings is 1. The molecule has 0 saturated carbocycles. The molecule has 17 heavy (non-hydrogen) atoms. The van der Waals surface area contributed by atoms with Gasteiger partial charge in [-0.15, -0.1) is 12.6 Å². The van der Waals surface area contributed by atoms with Crippen LogP contribution in [0.5, 0.6) is 0 Å². The van der Waals surface area contributed by atoms with Gasteiger partial charge >= 0.3 is 0 Å². The van der Waals surface area contributed by atoms with E-state index in [2.05, 4.69) is 44.0 Å². The second-order valence-electron chi connectivity index (χ2n) is 4.45. The van der Waals surface area contributed by atoms with Crippen molar-refractivity contribution < 1.29 is 0 Å². The van der Waals surface area contributed by atoms with Gasteiger partial charge in [0.25, 0.3) is 0 Å². The number of hydrogen-bond donors (Lipinski definition) is 3. The molecule has 0 radical (unpaired) electrons. The maximum absolute atomic E-state index is 4.27. The number of likely N-dealkylation sites (N-methyl/N-ethyl adjacent to an activating group) is 1. The number of rotatable bonds is 5. The van der Waals surface area contributed by atoms with Crippen molar-refractivity contribution in [2.45, 2.75) is 31.7 Å². The van der Waals surface area contributed by atoms with Crippen LogP contribution >= 0.6 is 12.6 Å². The Labute approximate surface area is 110 Å². The van der Waals surface area contributed by atoms with Gasteiger partial charge in [-0.2, -0.15) is 0 Å². The number of thiol groups is 1. The third-order valence-electron chi connectivity index (χ3n) is 3.04. The van der Waals surface area contributed by atoms with Crippen LogP contribution in [0.3, 0.4) is 0 Å². The molecular weight excluding hydrogens is 228 g/mol. The summed E-state index contributed by atoms with van der Waals surface area (Å²) in [6.07, 6.45) is 0. The van der Waals surface area contributed by atoms with Gasteiger partial charge in [-0.25, -0.2) is 0 Å². The molecule has 1 aromatic rings. The Morgan fingerprint density at radius 3 is 2.24 bits per heavy atom. The minimum Gasteiger partial charge on any atom is -0.383 e. The summed E-state index contributed by atoms with van der Waals surface area (Å²) in [7, 11) is 2.00. The first-order chi connectivity index (χ1) is 8.04. The van der Waals surface area contributed by atoms with E-state index in [-0.39, 0.29) is 0 Å². The van der Waals surface area contributed by atoms with Crippen LogP contribution in [0.1, 0.15) is 20.8 Å². The zero-order chi connectivity index (χ0) is 12.8. The Balaban J connectivity index is 2.60. The van der Waals surface area contributed by atoms with Crippen LogP contribution in [0.4, 0.5) is 5.69 Å². The first-order valence-electron chi connectivity index (χ1n) is 5.88. The monoisotopic (exact) mass is 250 g/mol. The summed E-state index contributed by atoms with van der Waals surface area (Å²) in [5.74, 6) is 0. The van der Waals surface area contributed by atoms with Crippen molar-refractivity contribution in [1.29, 1.82) is 0 Å². The molecule has 0 bridgehead atoms. The highest BCUT2D eigenvalue weighted by Crippen LogP contribution is 2.13. The average Bonchev–Trinajstić information content (AvgIpc) is 2.31. The first-order valence-corrected chi connectivity index (χ1v) is 6.33. The number of nitrogens with one attached hydrogen (secondary N) is 2. The van der Waals surface area contributed by atoms with Gasteiger partial charge in [0.2, 0.25) is 0 Å². The molecule has 0 aliphatic rings. The Morgan fingerprint density at radius 1 is 1.18 bits per heavy atom. The number of anilines is 1. The molecule has 0 aliphatic heterocycles. The van der Waals surface area contributed by atoms with Gasteiger partial charge in [0.1, 0.15) is 0 Å². The van der Waals surface area contributed by atoms with Crippen LogP contribution in [0.15, 0.2) is 40.3 Å². The molecule has 1 unspecified atom stereocenters. The van der Waals surface area contributed by atoms with E-state index in [1.54, 1.807) is 0 Å². The fourth-order valence-corrected chi connectivity index (χ4v) is 1.77. The quantitative estimate of drug-likeness (QED) is 0.551.